The maximum atomic E-state index is 13.5. The van der Waals surface area contributed by atoms with Gasteiger partial charge in [0.1, 0.15) is 17.1 Å². The van der Waals surface area contributed by atoms with Crippen LogP contribution in [0.2, 0.25) is 0 Å². The van der Waals surface area contributed by atoms with Crippen LogP contribution in [-0.2, 0) is 6.54 Å². The number of aromatic hydroxyl groups is 1. The van der Waals surface area contributed by atoms with Gasteiger partial charge in [0, 0.05) is 12.1 Å². The van der Waals surface area contributed by atoms with E-state index in [1.165, 1.54) is 24.5 Å². The first kappa shape index (κ1) is 11.4. The van der Waals surface area contributed by atoms with E-state index in [0.717, 1.165) is 5.52 Å². The number of nitrogens with zero attached hydrogens (tertiary/aromatic N) is 3. The molecule has 2 aromatic heterocycles. The van der Waals surface area contributed by atoms with Gasteiger partial charge in [0.25, 0.3) is 0 Å². The third-order valence-corrected chi connectivity index (χ3v) is 2.69. The molecule has 3 aromatic rings. The molecule has 0 radical (unpaired) electrons. The van der Waals surface area contributed by atoms with E-state index < -0.39 is 5.82 Å². The van der Waals surface area contributed by atoms with E-state index in [4.69, 9.17) is 0 Å². The number of phenols is 1. The third kappa shape index (κ3) is 2.17. The van der Waals surface area contributed by atoms with Gasteiger partial charge in [-0.1, -0.05) is 6.07 Å². The van der Waals surface area contributed by atoms with Crippen molar-refractivity contribution in [2.24, 2.45) is 0 Å². The van der Waals surface area contributed by atoms with Crippen LogP contribution in [0, 0.1) is 5.82 Å². The van der Waals surface area contributed by atoms with Gasteiger partial charge in [-0.25, -0.2) is 14.4 Å². The van der Waals surface area contributed by atoms with Crippen molar-refractivity contribution in [2.75, 3.05) is 5.32 Å². The Kier molecular flexibility index (Phi) is 2.71. The molecule has 0 aliphatic rings. The number of hydrogen-bond acceptors (Lipinski definition) is 5. The number of aromatic nitrogens is 4. The molecule has 6 nitrogen and oxygen atoms in total. The summed E-state index contributed by atoms with van der Waals surface area (Å²) < 4.78 is 13.5. The minimum Gasteiger partial charge on any atom is -0.507 e. The zero-order chi connectivity index (χ0) is 13.2. The molecule has 0 unspecified atom stereocenters. The number of halogens is 1. The van der Waals surface area contributed by atoms with E-state index in [2.05, 4.69) is 25.3 Å². The molecule has 2 heterocycles. The summed E-state index contributed by atoms with van der Waals surface area (Å²) in [6.07, 6.45) is 3.10. The van der Waals surface area contributed by atoms with Crippen LogP contribution < -0.4 is 5.32 Å². The molecule has 0 saturated heterocycles. The van der Waals surface area contributed by atoms with Gasteiger partial charge in [-0.3, -0.25) is 0 Å². The number of benzene rings is 1. The Hall–Kier alpha value is -2.70. The van der Waals surface area contributed by atoms with Gasteiger partial charge in [-0.2, -0.15) is 4.98 Å². The summed E-state index contributed by atoms with van der Waals surface area (Å²) >= 11 is 0. The number of anilines is 1. The van der Waals surface area contributed by atoms with Crippen LogP contribution in [0.15, 0.2) is 30.7 Å². The normalized spacial score (nSPS) is 10.8. The summed E-state index contributed by atoms with van der Waals surface area (Å²) in [4.78, 5) is 15.1. The molecule has 0 bridgehead atoms. The van der Waals surface area contributed by atoms with Crippen LogP contribution in [0.25, 0.3) is 11.2 Å². The molecule has 0 aliphatic heterocycles. The fourth-order valence-corrected chi connectivity index (χ4v) is 1.71. The molecule has 7 heteroatoms. The van der Waals surface area contributed by atoms with E-state index in [0.29, 0.717) is 11.6 Å². The third-order valence-electron chi connectivity index (χ3n) is 2.69. The number of imidazole rings is 1. The monoisotopic (exact) mass is 259 g/mol. The molecule has 0 atom stereocenters. The highest BCUT2D eigenvalue weighted by Crippen LogP contribution is 2.20. The van der Waals surface area contributed by atoms with Crippen molar-refractivity contribution >= 4 is 17.1 Å². The standard InChI is InChI=1S/C12H10FN5O/c13-8-2-1-3-10(19)7(8)4-14-12-15-5-9-11(18-12)17-6-16-9/h1-3,5-6,19H,4H2,(H2,14,15,16,17,18). The van der Waals surface area contributed by atoms with Gasteiger partial charge in [0.05, 0.1) is 12.5 Å². The molecule has 0 fully saturated rings. The summed E-state index contributed by atoms with van der Waals surface area (Å²) in [5.74, 6) is -0.260. The molecule has 19 heavy (non-hydrogen) atoms. The van der Waals surface area contributed by atoms with Crippen molar-refractivity contribution < 1.29 is 9.50 Å². The predicted molar refractivity (Wildman–Crippen MR) is 67.1 cm³/mol. The minimum atomic E-state index is -0.478. The van der Waals surface area contributed by atoms with Crippen LogP contribution in [-0.4, -0.2) is 25.0 Å². The predicted octanol–water partition coefficient (Wildman–Crippen LogP) is 1.81. The van der Waals surface area contributed by atoms with Gasteiger partial charge in [0.15, 0.2) is 5.65 Å². The first-order valence-corrected chi connectivity index (χ1v) is 5.60. The lowest BCUT2D eigenvalue weighted by atomic mass is 10.2. The molecule has 96 valence electrons. The van der Waals surface area contributed by atoms with Crippen molar-refractivity contribution in [3.05, 3.63) is 42.1 Å². The molecular weight excluding hydrogens is 249 g/mol. The largest absolute Gasteiger partial charge is 0.507 e. The van der Waals surface area contributed by atoms with Crippen molar-refractivity contribution in [2.45, 2.75) is 6.54 Å². The Morgan fingerprint density at radius 1 is 1.32 bits per heavy atom. The Labute approximate surface area is 107 Å². The van der Waals surface area contributed by atoms with Gasteiger partial charge in [-0.15, -0.1) is 0 Å². The quantitative estimate of drug-likeness (QED) is 0.667. The smallest absolute Gasteiger partial charge is 0.225 e. The number of nitrogens with one attached hydrogen (secondary N) is 2. The Balaban J connectivity index is 1.82. The molecule has 3 rings (SSSR count). The van der Waals surface area contributed by atoms with Crippen molar-refractivity contribution in [3.63, 3.8) is 0 Å². The number of fused-ring (bicyclic) bond motifs is 1. The van der Waals surface area contributed by atoms with Crippen molar-refractivity contribution in [1.29, 1.82) is 0 Å². The maximum absolute atomic E-state index is 13.5. The summed E-state index contributed by atoms with van der Waals surface area (Å²) in [6.45, 7) is 0.0917. The van der Waals surface area contributed by atoms with E-state index in [-0.39, 0.29) is 17.9 Å². The summed E-state index contributed by atoms with van der Waals surface area (Å²) in [5, 5.41) is 12.4. The highest BCUT2D eigenvalue weighted by molar-refractivity contribution is 5.69. The lowest BCUT2D eigenvalue weighted by Crippen LogP contribution is -2.05. The first-order chi connectivity index (χ1) is 9.24. The number of aromatic amines is 1. The highest BCUT2D eigenvalue weighted by Gasteiger charge is 2.08. The van der Waals surface area contributed by atoms with Crippen molar-refractivity contribution in [1.82, 2.24) is 19.9 Å². The van der Waals surface area contributed by atoms with Crippen LogP contribution in [0.1, 0.15) is 5.56 Å². The second-order valence-corrected chi connectivity index (χ2v) is 3.92. The lowest BCUT2D eigenvalue weighted by Gasteiger charge is -2.07. The van der Waals surface area contributed by atoms with E-state index in [9.17, 15) is 9.50 Å². The van der Waals surface area contributed by atoms with Gasteiger partial charge in [-0.05, 0) is 12.1 Å². The lowest BCUT2D eigenvalue weighted by molar-refractivity contribution is 0.460. The second kappa shape index (κ2) is 4.52. The molecule has 1 aromatic carbocycles. The SMILES string of the molecule is Oc1cccc(F)c1CNc1ncc2[nH]cnc2n1. The first-order valence-electron chi connectivity index (χ1n) is 5.60. The molecule has 3 N–H and O–H groups in total. The molecule has 0 spiro atoms. The fraction of sp³-hybridized carbons (Fsp3) is 0.0833. The molecule has 0 aliphatic carbocycles. The Bertz CT molecular complexity index is 707. The van der Waals surface area contributed by atoms with Crippen molar-refractivity contribution in [3.8, 4) is 5.75 Å². The summed E-state index contributed by atoms with van der Waals surface area (Å²) in [5.41, 5.74) is 1.42. The Morgan fingerprint density at radius 2 is 2.21 bits per heavy atom. The topological polar surface area (TPSA) is 86.7 Å². The minimum absolute atomic E-state index is 0.0917. The summed E-state index contributed by atoms with van der Waals surface area (Å²) in [6, 6.07) is 4.16. The molecule has 0 amide bonds. The van der Waals surface area contributed by atoms with Gasteiger partial charge in [0.2, 0.25) is 5.95 Å². The summed E-state index contributed by atoms with van der Waals surface area (Å²) in [7, 11) is 0. The van der Waals surface area contributed by atoms with Crippen LogP contribution in [0.3, 0.4) is 0 Å². The number of H-pyrrole nitrogens is 1. The van der Waals surface area contributed by atoms with E-state index in [1.54, 1.807) is 6.20 Å². The van der Waals surface area contributed by atoms with Crippen LogP contribution in [0.4, 0.5) is 10.3 Å². The number of phenolic OH excluding ortho intramolecular Hbond substituents is 1. The number of rotatable bonds is 3. The second-order valence-electron chi connectivity index (χ2n) is 3.92. The average Bonchev–Trinajstić information content (AvgIpc) is 2.85. The fourth-order valence-electron chi connectivity index (χ4n) is 1.71. The Morgan fingerprint density at radius 3 is 3.05 bits per heavy atom. The van der Waals surface area contributed by atoms with Gasteiger partial charge >= 0.3 is 0 Å². The molecular formula is C12H10FN5O. The van der Waals surface area contributed by atoms with Crippen LogP contribution >= 0.6 is 0 Å². The zero-order valence-electron chi connectivity index (χ0n) is 9.76. The highest BCUT2D eigenvalue weighted by atomic mass is 19.1. The van der Waals surface area contributed by atoms with E-state index in [1.807, 2.05) is 0 Å². The average molecular weight is 259 g/mol. The number of hydrogen-bond donors (Lipinski definition) is 3. The zero-order valence-corrected chi connectivity index (χ0v) is 9.76. The maximum Gasteiger partial charge on any atom is 0.225 e. The van der Waals surface area contributed by atoms with Crippen LogP contribution in [0.5, 0.6) is 5.75 Å². The van der Waals surface area contributed by atoms with Gasteiger partial charge < -0.3 is 15.4 Å². The molecule has 0 saturated carbocycles. The van der Waals surface area contributed by atoms with E-state index >= 15 is 0 Å².